The molecule has 0 unspecified atom stereocenters. The summed E-state index contributed by atoms with van der Waals surface area (Å²) in [6.45, 7) is 0.658. The maximum atomic E-state index is 11.9. The maximum absolute atomic E-state index is 11.9. The largest absolute Gasteiger partial charge is 0.482 e. The lowest BCUT2D eigenvalue weighted by Crippen LogP contribution is -2.36. The number of nitrogens with one attached hydrogen (secondary N) is 2. The van der Waals surface area contributed by atoms with E-state index in [0.717, 1.165) is 10.0 Å². The van der Waals surface area contributed by atoms with Crippen molar-refractivity contribution in [2.75, 3.05) is 25.1 Å². The van der Waals surface area contributed by atoms with Gasteiger partial charge in [-0.25, -0.2) is 4.79 Å². The first-order valence-electron chi connectivity index (χ1n) is 8.21. The molecule has 0 bridgehead atoms. The number of benzene rings is 2. The molecule has 148 valence electrons. The van der Waals surface area contributed by atoms with Crippen molar-refractivity contribution in [3.05, 3.63) is 57.5 Å². The highest BCUT2D eigenvalue weighted by Gasteiger charge is 2.11. The summed E-state index contributed by atoms with van der Waals surface area (Å²) in [5.41, 5.74) is 1.28. The molecule has 0 aliphatic carbocycles. The van der Waals surface area contributed by atoms with Crippen LogP contribution in [0.25, 0.3) is 0 Å². The van der Waals surface area contributed by atoms with Gasteiger partial charge in [-0.3, -0.25) is 9.59 Å². The number of rotatable bonds is 8. The lowest BCUT2D eigenvalue weighted by Gasteiger charge is -2.10. The van der Waals surface area contributed by atoms with Gasteiger partial charge in [-0.05, 0) is 42.8 Å². The monoisotopic (exact) mass is 468 g/mol. The van der Waals surface area contributed by atoms with Crippen LogP contribution in [0.4, 0.5) is 5.69 Å². The maximum Gasteiger partial charge on any atom is 0.344 e. The van der Waals surface area contributed by atoms with Crippen LogP contribution < -0.4 is 15.4 Å². The average Bonchev–Trinajstić information content (AvgIpc) is 2.67. The molecule has 2 aromatic rings. The first-order chi connectivity index (χ1) is 13.3. The highest BCUT2D eigenvalue weighted by atomic mass is 79.9. The van der Waals surface area contributed by atoms with Crippen LogP contribution in [0.5, 0.6) is 5.75 Å². The summed E-state index contributed by atoms with van der Waals surface area (Å²) in [5, 5.41) is 5.54. The molecule has 0 saturated heterocycles. The predicted octanol–water partition coefficient (Wildman–Crippen LogP) is 3.09. The number of hydrogen-bond donors (Lipinski definition) is 2. The molecule has 9 heteroatoms. The van der Waals surface area contributed by atoms with Crippen LogP contribution in [0.1, 0.15) is 5.56 Å². The van der Waals surface area contributed by atoms with E-state index in [9.17, 15) is 14.4 Å². The number of anilines is 1. The number of carbonyl (C=O) groups is 3. The summed E-state index contributed by atoms with van der Waals surface area (Å²) < 4.78 is 10.9. The highest BCUT2D eigenvalue weighted by Crippen LogP contribution is 2.22. The Bertz CT molecular complexity index is 875. The van der Waals surface area contributed by atoms with Crippen molar-refractivity contribution in [3.8, 4) is 5.75 Å². The molecule has 0 spiro atoms. The van der Waals surface area contributed by atoms with Crippen molar-refractivity contribution in [1.29, 1.82) is 0 Å². The fourth-order valence-electron chi connectivity index (χ4n) is 2.05. The molecule has 2 rings (SSSR count). The summed E-state index contributed by atoms with van der Waals surface area (Å²) in [6.07, 6.45) is 0. The molecule has 2 aromatic carbocycles. The molecule has 2 amide bonds. The van der Waals surface area contributed by atoms with Crippen LogP contribution in [0, 0.1) is 6.92 Å². The van der Waals surface area contributed by atoms with Crippen LogP contribution in [-0.2, 0) is 19.1 Å². The van der Waals surface area contributed by atoms with Gasteiger partial charge in [-0.15, -0.1) is 0 Å². The van der Waals surface area contributed by atoms with E-state index in [2.05, 4.69) is 26.6 Å². The Kier molecular flexibility index (Phi) is 8.28. The second-order valence-electron chi connectivity index (χ2n) is 5.64. The Labute approximate surface area is 175 Å². The van der Waals surface area contributed by atoms with Gasteiger partial charge in [-0.2, -0.15) is 0 Å². The Morgan fingerprint density at radius 3 is 2.57 bits per heavy atom. The topological polar surface area (TPSA) is 93.7 Å². The quantitative estimate of drug-likeness (QED) is 0.580. The third-order valence-electron chi connectivity index (χ3n) is 3.50. The third-order valence-corrected chi connectivity index (χ3v) is 4.41. The van der Waals surface area contributed by atoms with Gasteiger partial charge in [0.05, 0.1) is 6.54 Å². The lowest BCUT2D eigenvalue weighted by molar-refractivity contribution is -0.150. The zero-order chi connectivity index (χ0) is 20.5. The molecular weight excluding hydrogens is 452 g/mol. The van der Waals surface area contributed by atoms with Gasteiger partial charge >= 0.3 is 5.97 Å². The number of esters is 1. The molecule has 0 radical (unpaired) electrons. The van der Waals surface area contributed by atoms with E-state index in [1.54, 1.807) is 43.3 Å². The second kappa shape index (κ2) is 10.7. The fourth-order valence-corrected chi connectivity index (χ4v) is 2.61. The Morgan fingerprint density at radius 2 is 1.82 bits per heavy atom. The zero-order valence-electron chi connectivity index (χ0n) is 15.0. The number of ether oxygens (including phenoxy) is 2. The van der Waals surface area contributed by atoms with Crippen LogP contribution in [0.15, 0.2) is 46.9 Å². The fraction of sp³-hybridized carbons (Fsp3) is 0.211. The van der Waals surface area contributed by atoms with Crippen LogP contribution >= 0.6 is 27.5 Å². The standard InChI is InChI=1S/C19H18BrClN2O5/c1-12-15(21)6-3-7-16(12)23-17(24)9-22-18(25)10-28-19(26)11-27-14-5-2-4-13(20)8-14/h2-8H,9-11H2,1H3,(H,22,25)(H,23,24). The average molecular weight is 470 g/mol. The molecule has 0 fully saturated rings. The molecule has 0 aliphatic rings. The minimum Gasteiger partial charge on any atom is -0.482 e. The van der Waals surface area contributed by atoms with Crippen molar-refractivity contribution in [2.24, 2.45) is 0 Å². The lowest BCUT2D eigenvalue weighted by atomic mass is 10.2. The first-order valence-corrected chi connectivity index (χ1v) is 9.38. The van der Waals surface area contributed by atoms with E-state index in [0.29, 0.717) is 16.5 Å². The Balaban J connectivity index is 1.67. The van der Waals surface area contributed by atoms with E-state index in [1.807, 2.05) is 6.07 Å². The van der Waals surface area contributed by atoms with Crippen LogP contribution in [0.3, 0.4) is 0 Å². The molecule has 0 heterocycles. The Hall–Kier alpha value is -2.58. The van der Waals surface area contributed by atoms with Crippen molar-refractivity contribution < 1.29 is 23.9 Å². The van der Waals surface area contributed by atoms with Gasteiger partial charge in [-0.1, -0.05) is 39.7 Å². The molecule has 0 atom stereocenters. The summed E-state index contributed by atoms with van der Waals surface area (Å²) in [5.74, 6) is -1.24. The first kappa shape index (κ1) is 21.7. The number of carbonyl (C=O) groups excluding carboxylic acids is 3. The molecule has 7 nitrogen and oxygen atoms in total. The van der Waals surface area contributed by atoms with Crippen molar-refractivity contribution in [2.45, 2.75) is 6.92 Å². The molecule has 0 saturated carbocycles. The van der Waals surface area contributed by atoms with Gasteiger partial charge < -0.3 is 20.1 Å². The Morgan fingerprint density at radius 1 is 1.07 bits per heavy atom. The van der Waals surface area contributed by atoms with Crippen molar-refractivity contribution >= 4 is 51.0 Å². The predicted molar refractivity (Wildman–Crippen MR) is 108 cm³/mol. The molecule has 0 aliphatic heterocycles. The normalized spacial score (nSPS) is 10.1. The minimum atomic E-state index is -0.700. The van der Waals surface area contributed by atoms with E-state index >= 15 is 0 Å². The number of amides is 2. The van der Waals surface area contributed by atoms with E-state index in [4.69, 9.17) is 21.1 Å². The minimum absolute atomic E-state index is 0.267. The second-order valence-corrected chi connectivity index (χ2v) is 6.97. The van der Waals surface area contributed by atoms with Crippen molar-refractivity contribution in [1.82, 2.24) is 5.32 Å². The molecule has 28 heavy (non-hydrogen) atoms. The summed E-state index contributed by atoms with van der Waals surface area (Å²) >= 11 is 9.27. The van der Waals surface area contributed by atoms with E-state index < -0.39 is 24.4 Å². The summed E-state index contributed by atoms with van der Waals surface area (Å²) in [6, 6.07) is 12.1. The van der Waals surface area contributed by atoms with Gasteiger partial charge in [0.15, 0.2) is 13.2 Å². The van der Waals surface area contributed by atoms with E-state index in [-0.39, 0.29) is 13.2 Å². The van der Waals surface area contributed by atoms with Gasteiger partial charge in [0.25, 0.3) is 5.91 Å². The summed E-state index contributed by atoms with van der Waals surface area (Å²) in [7, 11) is 0. The molecule has 0 aromatic heterocycles. The molecule has 2 N–H and O–H groups in total. The van der Waals surface area contributed by atoms with Gasteiger partial charge in [0.2, 0.25) is 5.91 Å². The summed E-state index contributed by atoms with van der Waals surface area (Å²) in [4.78, 5) is 35.2. The van der Waals surface area contributed by atoms with Gasteiger partial charge in [0.1, 0.15) is 5.75 Å². The number of halogens is 2. The third kappa shape index (κ3) is 7.21. The number of hydrogen-bond acceptors (Lipinski definition) is 5. The van der Waals surface area contributed by atoms with Crippen LogP contribution in [-0.4, -0.2) is 37.5 Å². The molecular formula is C19H18BrClN2O5. The van der Waals surface area contributed by atoms with Gasteiger partial charge in [0, 0.05) is 15.2 Å². The zero-order valence-corrected chi connectivity index (χ0v) is 17.3. The van der Waals surface area contributed by atoms with E-state index in [1.165, 1.54) is 0 Å². The van der Waals surface area contributed by atoms with Crippen molar-refractivity contribution in [3.63, 3.8) is 0 Å². The SMILES string of the molecule is Cc1c(Cl)cccc1NC(=O)CNC(=O)COC(=O)COc1cccc(Br)c1. The van der Waals surface area contributed by atoms with Crippen LogP contribution in [0.2, 0.25) is 5.02 Å². The smallest absolute Gasteiger partial charge is 0.344 e. The highest BCUT2D eigenvalue weighted by molar-refractivity contribution is 9.10.